The van der Waals surface area contributed by atoms with Crippen LogP contribution in [0.5, 0.6) is 0 Å². The number of hydrogen-bond donors (Lipinski definition) is 0. The summed E-state index contributed by atoms with van der Waals surface area (Å²) in [5.74, 6) is 0.738. The maximum absolute atomic E-state index is 5.79. The lowest BCUT2D eigenvalue weighted by Gasteiger charge is -2.06. The Hall–Kier alpha value is -1.55. The Morgan fingerprint density at radius 1 is 1.12 bits per heavy atom. The van der Waals surface area contributed by atoms with E-state index in [4.69, 9.17) is 11.6 Å². The first-order valence-electron chi connectivity index (χ1n) is 5.01. The fourth-order valence-corrected chi connectivity index (χ4v) is 1.54. The molecule has 0 radical (unpaired) electrons. The summed E-state index contributed by atoms with van der Waals surface area (Å²) in [6.45, 7) is 3.89. The molecule has 2 aromatic heterocycles. The Morgan fingerprint density at radius 3 is 2.44 bits per heavy atom. The Balaban J connectivity index is 2.53. The van der Waals surface area contributed by atoms with Crippen molar-refractivity contribution in [1.29, 1.82) is 0 Å². The molecule has 0 aromatic carbocycles. The van der Waals surface area contributed by atoms with Crippen molar-refractivity contribution in [2.45, 2.75) is 20.3 Å². The molecule has 0 amide bonds. The second-order valence-corrected chi connectivity index (χ2v) is 3.72. The first-order valence-corrected chi connectivity index (χ1v) is 5.39. The first-order chi connectivity index (χ1) is 7.70. The predicted molar refractivity (Wildman–Crippen MR) is 62.2 cm³/mol. The van der Waals surface area contributed by atoms with Crippen LogP contribution in [0.15, 0.2) is 18.6 Å². The van der Waals surface area contributed by atoms with Gasteiger partial charge in [-0.05, 0) is 30.5 Å². The SMILES string of the molecule is CCc1cnc(Cl)nc1-c1cnc(C)nc1. The molecule has 5 heteroatoms. The highest BCUT2D eigenvalue weighted by molar-refractivity contribution is 6.28. The molecule has 0 aliphatic heterocycles. The fourth-order valence-electron chi connectivity index (χ4n) is 1.41. The van der Waals surface area contributed by atoms with Crippen molar-refractivity contribution in [3.8, 4) is 11.3 Å². The van der Waals surface area contributed by atoms with Gasteiger partial charge in [0, 0.05) is 24.2 Å². The van der Waals surface area contributed by atoms with Crippen molar-refractivity contribution >= 4 is 11.6 Å². The van der Waals surface area contributed by atoms with Crippen molar-refractivity contribution in [2.75, 3.05) is 0 Å². The van der Waals surface area contributed by atoms with Crippen LogP contribution in [0.1, 0.15) is 18.3 Å². The largest absolute Gasteiger partial charge is 0.241 e. The van der Waals surface area contributed by atoms with Gasteiger partial charge >= 0.3 is 0 Å². The molecule has 0 aliphatic rings. The summed E-state index contributed by atoms with van der Waals surface area (Å²) >= 11 is 5.79. The molecule has 0 unspecified atom stereocenters. The van der Waals surface area contributed by atoms with Crippen molar-refractivity contribution in [3.63, 3.8) is 0 Å². The Kier molecular flexibility index (Phi) is 3.10. The van der Waals surface area contributed by atoms with Crippen LogP contribution in [0.2, 0.25) is 5.28 Å². The minimum Gasteiger partial charge on any atom is -0.241 e. The monoisotopic (exact) mass is 234 g/mol. The highest BCUT2D eigenvalue weighted by Crippen LogP contribution is 2.21. The molecule has 0 saturated heterocycles. The van der Waals surface area contributed by atoms with E-state index in [0.29, 0.717) is 0 Å². The zero-order chi connectivity index (χ0) is 11.5. The molecule has 82 valence electrons. The molecule has 2 rings (SSSR count). The van der Waals surface area contributed by atoms with Gasteiger partial charge in [-0.15, -0.1) is 0 Å². The predicted octanol–water partition coefficient (Wildman–Crippen LogP) is 2.46. The number of hydrogen-bond acceptors (Lipinski definition) is 4. The van der Waals surface area contributed by atoms with Gasteiger partial charge in [-0.2, -0.15) is 0 Å². The van der Waals surface area contributed by atoms with Crippen LogP contribution in [-0.2, 0) is 6.42 Å². The second kappa shape index (κ2) is 4.53. The summed E-state index contributed by atoms with van der Waals surface area (Å²) in [5.41, 5.74) is 2.71. The molecule has 2 heterocycles. The molecule has 0 bridgehead atoms. The highest BCUT2D eigenvalue weighted by atomic mass is 35.5. The van der Waals surface area contributed by atoms with E-state index in [9.17, 15) is 0 Å². The number of aryl methyl sites for hydroxylation is 2. The van der Waals surface area contributed by atoms with Gasteiger partial charge in [-0.25, -0.2) is 19.9 Å². The zero-order valence-electron chi connectivity index (χ0n) is 9.11. The fraction of sp³-hybridized carbons (Fsp3) is 0.273. The van der Waals surface area contributed by atoms with Gasteiger partial charge in [-0.1, -0.05) is 6.92 Å². The minimum atomic E-state index is 0.243. The van der Waals surface area contributed by atoms with Crippen LogP contribution in [0.25, 0.3) is 11.3 Å². The van der Waals surface area contributed by atoms with Gasteiger partial charge in [0.15, 0.2) is 0 Å². The minimum absolute atomic E-state index is 0.243. The van der Waals surface area contributed by atoms with E-state index in [0.717, 1.165) is 29.1 Å². The Bertz CT molecular complexity index is 496. The number of nitrogens with zero attached hydrogens (tertiary/aromatic N) is 4. The maximum Gasteiger partial charge on any atom is 0.222 e. The Morgan fingerprint density at radius 2 is 1.81 bits per heavy atom. The van der Waals surface area contributed by atoms with Crippen molar-refractivity contribution in [2.24, 2.45) is 0 Å². The van der Waals surface area contributed by atoms with E-state index in [1.54, 1.807) is 18.6 Å². The molecule has 0 N–H and O–H groups in total. The van der Waals surface area contributed by atoms with Crippen LogP contribution < -0.4 is 0 Å². The van der Waals surface area contributed by atoms with E-state index in [1.807, 2.05) is 13.8 Å². The molecule has 0 atom stereocenters. The summed E-state index contributed by atoms with van der Waals surface area (Å²) < 4.78 is 0. The molecule has 16 heavy (non-hydrogen) atoms. The van der Waals surface area contributed by atoms with Gasteiger partial charge < -0.3 is 0 Å². The third kappa shape index (κ3) is 2.17. The summed E-state index contributed by atoms with van der Waals surface area (Å²) in [5, 5.41) is 0.243. The maximum atomic E-state index is 5.79. The van der Waals surface area contributed by atoms with Crippen molar-refractivity contribution in [3.05, 3.63) is 35.3 Å². The summed E-state index contributed by atoms with van der Waals surface area (Å²) in [7, 11) is 0. The van der Waals surface area contributed by atoms with Gasteiger partial charge in [0.1, 0.15) is 5.82 Å². The van der Waals surface area contributed by atoms with Gasteiger partial charge in [-0.3, -0.25) is 0 Å². The third-order valence-corrected chi connectivity index (χ3v) is 2.45. The van der Waals surface area contributed by atoms with Gasteiger partial charge in [0.05, 0.1) is 5.69 Å². The van der Waals surface area contributed by atoms with Gasteiger partial charge in [0.25, 0.3) is 0 Å². The molecule has 0 fully saturated rings. The highest BCUT2D eigenvalue weighted by Gasteiger charge is 2.08. The molecule has 0 spiro atoms. The van der Waals surface area contributed by atoms with Crippen LogP contribution in [0.3, 0.4) is 0 Å². The number of rotatable bonds is 2. The van der Waals surface area contributed by atoms with E-state index in [-0.39, 0.29) is 5.28 Å². The van der Waals surface area contributed by atoms with E-state index in [1.165, 1.54) is 0 Å². The van der Waals surface area contributed by atoms with Crippen molar-refractivity contribution in [1.82, 2.24) is 19.9 Å². The van der Waals surface area contributed by atoms with E-state index >= 15 is 0 Å². The summed E-state index contributed by atoms with van der Waals surface area (Å²) in [4.78, 5) is 16.5. The van der Waals surface area contributed by atoms with E-state index in [2.05, 4.69) is 19.9 Å². The average Bonchev–Trinajstić information content (AvgIpc) is 2.30. The zero-order valence-corrected chi connectivity index (χ0v) is 9.86. The molecule has 2 aromatic rings. The topological polar surface area (TPSA) is 51.6 Å². The van der Waals surface area contributed by atoms with Crippen LogP contribution >= 0.6 is 11.6 Å². The Labute approximate surface area is 98.8 Å². The standard InChI is InChI=1S/C11H11ClN4/c1-3-8-4-15-11(12)16-10(8)9-5-13-7(2)14-6-9/h4-6H,3H2,1-2H3. The lowest BCUT2D eigenvalue weighted by molar-refractivity contribution is 1.02. The smallest absolute Gasteiger partial charge is 0.222 e. The lowest BCUT2D eigenvalue weighted by Crippen LogP contribution is -1.96. The number of aromatic nitrogens is 4. The summed E-state index contributed by atoms with van der Waals surface area (Å²) in [6.07, 6.45) is 6.09. The molecule has 4 nitrogen and oxygen atoms in total. The normalized spacial score (nSPS) is 10.4. The van der Waals surface area contributed by atoms with Crippen LogP contribution in [-0.4, -0.2) is 19.9 Å². The molecule has 0 aliphatic carbocycles. The average molecular weight is 235 g/mol. The molecular weight excluding hydrogens is 224 g/mol. The first kappa shape index (κ1) is 11.0. The second-order valence-electron chi connectivity index (χ2n) is 3.39. The molecule has 0 saturated carbocycles. The quantitative estimate of drug-likeness (QED) is 0.749. The van der Waals surface area contributed by atoms with Crippen molar-refractivity contribution < 1.29 is 0 Å². The van der Waals surface area contributed by atoms with Crippen LogP contribution in [0.4, 0.5) is 0 Å². The van der Waals surface area contributed by atoms with E-state index < -0.39 is 0 Å². The van der Waals surface area contributed by atoms with Crippen LogP contribution in [0, 0.1) is 6.92 Å². The lowest BCUT2D eigenvalue weighted by atomic mass is 10.1. The molecular formula is C11H11ClN4. The number of halogens is 1. The summed E-state index contributed by atoms with van der Waals surface area (Å²) in [6, 6.07) is 0. The third-order valence-electron chi connectivity index (χ3n) is 2.27. The van der Waals surface area contributed by atoms with Gasteiger partial charge in [0.2, 0.25) is 5.28 Å².